The number of halogens is 1. The predicted molar refractivity (Wildman–Crippen MR) is 131 cm³/mol. The molecule has 1 aromatic carbocycles. The Labute approximate surface area is 197 Å². The molecule has 2 fully saturated rings. The predicted octanol–water partition coefficient (Wildman–Crippen LogP) is 2.10. The van der Waals surface area contributed by atoms with Gasteiger partial charge in [-0.05, 0) is 24.3 Å². The molecule has 0 saturated carbocycles. The van der Waals surface area contributed by atoms with Crippen molar-refractivity contribution < 1.29 is 9.53 Å². The number of amides is 1. The molecule has 0 bridgehead atoms. The summed E-state index contributed by atoms with van der Waals surface area (Å²) >= 11 is 0. The van der Waals surface area contributed by atoms with Crippen LogP contribution in [0.1, 0.15) is 30.9 Å². The van der Waals surface area contributed by atoms with Crippen molar-refractivity contribution >= 4 is 35.8 Å². The Morgan fingerprint density at radius 3 is 2.43 bits per heavy atom. The van der Waals surface area contributed by atoms with E-state index in [-0.39, 0.29) is 29.9 Å². The Balaban J connectivity index is 0.00000320. The molecule has 2 heterocycles. The van der Waals surface area contributed by atoms with Gasteiger partial charge in [0.1, 0.15) is 0 Å². The number of likely N-dealkylation sites (tertiary alicyclic amines) is 1. The van der Waals surface area contributed by atoms with E-state index in [9.17, 15) is 4.79 Å². The van der Waals surface area contributed by atoms with Gasteiger partial charge in [0.2, 0.25) is 5.91 Å². The van der Waals surface area contributed by atoms with E-state index >= 15 is 0 Å². The Bertz CT molecular complexity index is 659. The minimum absolute atomic E-state index is 0. The number of nitrogens with one attached hydrogen (secondary N) is 2. The summed E-state index contributed by atoms with van der Waals surface area (Å²) in [5.74, 6) is 1.56. The van der Waals surface area contributed by atoms with Crippen LogP contribution in [-0.2, 0) is 9.53 Å². The van der Waals surface area contributed by atoms with Gasteiger partial charge >= 0.3 is 0 Å². The van der Waals surface area contributed by atoms with Gasteiger partial charge in [-0.1, -0.05) is 30.3 Å². The maximum absolute atomic E-state index is 11.6. The third-order valence-electron chi connectivity index (χ3n) is 6.00. The zero-order valence-corrected chi connectivity index (χ0v) is 20.5. The van der Waals surface area contributed by atoms with Crippen LogP contribution < -0.4 is 10.6 Å². The molecule has 1 amide bonds. The first-order valence-electron chi connectivity index (χ1n) is 10.7. The summed E-state index contributed by atoms with van der Waals surface area (Å²) < 4.78 is 5.55. The molecule has 7 nitrogen and oxygen atoms in total. The number of carbonyl (C=O) groups is 1. The smallest absolute Gasteiger partial charge is 0.220 e. The first-order valence-corrected chi connectivity index (χ1v) is 10.7. The van der Waals surface area contributed by atoms with Crippen LogP contribution in [0.2, 0.25) is 0 Å². The number of morpholine rings is 1. The fourth-order valence-electron chi connectivity index (χ4n) is 4.26. The molecule has 0 spiro atoms. The Morgan fingerprint density at radius 1 is 1.17 bits per heavy atom. The molecule has 8 heteroatoms. The van der Waals surface area contributed by atoms with Gasteiger partial charge in [-0.3, -0.25) is 14.7 Å². The number of nitrogens with zero attached hydrogens (tertiary/aromatic N) is 3. The van der Waals surface area contributed by atoms with E-state index in [0.29, 0.717) is 18.4 Å². The van der Waals surface area contributed by atoms with Crippen molar-refractivity contribution in [1.82, 2.24) is 20.4 Å². The molecule has 1 atom stereocenters. The number of ether oxygens (including phenoxy) is 1. The zero-order chi connectivity index (χ0) is 20.5. The minimum Gasteiger partial charge on any atom is -0.379 e. The number of aliphatic imine (C=N–C) groups is 1. The number of benzene rings is 1. The molecule has 30 heavy (non-hydrogen) atoms. The lowest BCUT2D eigenvalue weighted by Gasteiger charge is -2.37. The van der Waals surface area contributed by atoms with E-state index in [1.807, 2.05) is 7.05 Å². The molecule has 0 aromatic heterocycles. The fourth-order valence-corrected chi connectivity index (χ4v) is 4.26. The van der Waals surface area contributed by atoms with Crippen LogP contribution in [0, 0.1) is 5.92 Å². The molecule has 1 aromatic rings. The van der Waals surface area contributed by atoms with Crippen LogP contribution in [0.3, 0.4) is 0 Å². The van der Waals surface area contributed by atoms with E-state index < -0.39 is 0 Å². The molecule has 0 aliphatic carbocycles. The second kappa shape index (κ2) is 13.1. The summed E-state index contributed by atoms with van der Waals surface area (Å²) in [7, 11) is 3.56. The SMILES string of the molecule is CN=C(NCC(c1ccccc1)N1CCOCC1)N1CCC(CC(=O)NC)CC1.I. The van der Waals surface area contributed by atoms with Gasteiger partial charge in [0.15, 0.2) is 5.96 Å². The third kappa shape index (κ3) is 7.09. The van der Waals surface area contributed by atoms with Gasteiger partial charge in [0.25, 0.3) is 0 Å². The first-order chi connectivity index (χ1) is 14.2. The molecular weight excluding hydrogens is 493 g/mol. The lowest BCUT2D eigenvalue weighted by Crippen LogP contribution is -2.49. The lowest BCUT2D eigenvalue weighted by molar-refractivity contribution is -0.121. The highest BCUT2D eigenvalue weighted by Gasteiger charge is 2.26. The number of hydrogen-bond donors (Lipinski definition) is 2. The highest BCUT2D eigenvalue weighted by atomic mass is 127. The van der Waals surface area contributed by atoms with Crippen molar-refractivity contribution in [2.24, 2.45) is 10.9 Å². The Hall–Kier alpha value is -1.39. The monoisotopic (exact) mass is 529 g/mol. The largest absolute Gasteiger partial charge is 0.379 e. The molecule has 3 rings (SSSR count). The summed E-state index contributed by atoms with van der Waals surface area (Å²) in [6.45, 7) is 6.17. The van der Waals surface area contributed by atoms with Gasteiger partial charge < -0.3 is 20.3 Å². The summed E-state index contributed by atoms with van der Waals surface area (Å²) in [6, 6.07) is 11.0. The van der Waals surface area contributed by atoms with Crippen molar-refractivity contribution in [2.45, 2.75) is 25.3 Å². The van der Waals surface area contributed by atoms with E-state index in [2.05, 4.69) is 55.8 Å². The van der Waals surface area contributed by atoms with Crippen LogP contribution in [-0.4, -0.2) is 81.7 Å². The average molecular weight is 529 g/mol. The first kappa shape index (κ1) is 24.9. The molecule has 0 radical (unpaired) electrons. The van der Waals surface area contributed by atoms with Gasteiger partial charge in [-0.15, -0.1) is 24.0 Å². The van der Waals surface area contributed by atoms with E-state index in [1.54, 1.807) is 7.05 Å². The van der Waals surface area contributed by atoms with E-state index in [1.165, 1.54) is 5.56 Å². The summed E-state index contributed by atoms with van der Waals surface area (Å²) in [4.78, 5) is 21.0. The van der Waals surface area contributed by atoms with E-state index in [0.717, 1.165) is 64.7 Å². The third-order valence-corrected chi connectivity index (χ3v) is 6.00. The van der Waals surface area contributed by atoms with Crippen LogP contribution >= 0.6 is 24.0 Å². The van der Waals surface area contributed by atoms with Gasteiger partial charge in [-0.2, -0.15) is 0 Å². The van der Waals surface area contributed by atoms with Gasteiger partial charge in [0.05, 0.1) is 19.3 Å². The number of rotatable bonds is 6. The van der Waals surface area contributed by atoms with Crippen LogP contribution in [0.15, 0.2) is 35.3 Å². The molecule has 168 valence electrons. The maximum atomic E-state index is 11.6. The molecule has 2 aliphatic heterocycles. The van der Waals surface area contributed by atoms with Crippen molar-refractivity contribution in [3.63, 3.8) is 0 Å². The number of piperidine rings is 1. The fraction of sp³-hybridized carbons (Fsp3) is 0.636. The maximum Gasteiger partial charge on any atom is 0.220 e. The van der Waals surface area contributed by atoms with Crippen molar-refractivity contribution in [3.05, 3.63) is 35.9 Å². The van der Waals surface area contributed by atoms with Crippen molar-refractivity contribution in [2.75, 3.05) is 60.0 Å². The van der Waals surface area contributed by atoms with Crippen molar-refractivity contribution in [1.29, 1.82) is 0 Å². The zero-order valence-electron chi connectivity index (χ0n) is 18.2. The van der Waals surface area contributed by atoms with Crippen LogP contribution in [0.25, 0.3) is 0 Å². The summed E-state index contributed by atoms with van der Waals surface area (Å²) in [5.41, 5.74) is 1.32. The highest BCUT2D eigenvalue weighted by molar-refractivity contribution is 14.0. The number of hydrogen-bond acceptors (Lipinski definition) is 4. The van der Waals surface area contributed by atoms with Gasteiger partial charge in [0, 0.05) is 53.2 Å². The number of carbonyl (C=O) groups excluding carboxylic acids is 1. The second-order valence-electron chi connectivity index (χ2n) is 7.81. The molecular formula is C22H36IN5O2. The lowest BCUT2D eigenvalue weighted by atomic mass is 9.93. The van der Waals surface area contributed by atoms with Crippen LogP contribution in [0.5, 0.6) is 0 Å². The average Bonchev–Trinajstić information content (AvgIpc) is 2.78. The second-order valence-corrected chi connectivity index (χ2v) is 7.81. The van der Waals surface area contributed by atoms with Crippen molar-refractivity contribution in [3.8, 4) is 0 Å². The summed E-state index contributed by atoms with van der Waals surface area (Å²) in [5, 5.41) is 6.35. The normalized spacial score (nSPS) is 19.7. The van der Waals surface area contributed by atoms with E-state index in [4.69, 9.17) is 4.74 Å². The molecule has 2 N–H and O–H groups in total. The summed E-state index contributed by atoms with van der Waals surface area (Å²) in [6.07, 6.45) is 2.68. The Morgan fingerprint density at radius 2 is 1.83 bits per heavy atom. The topological polar surface area (TPSA) is 69.2 Å². The standard InChI is InChI=1S/C22H35N5O2.HI/c1-23-21(28)16-18-8-10-27(11-9-18)22(24-2)25-17-20(19-6-4-3-5-7-19)26-12-14-29-15-13-26;/h3-7,18,20H,8-17H2,1-2H3,(H,23,28)(H,24,25);1H. The number of guanidine groups is 1. The molecule has 2 saturated heterocycles. The Kier molecular flexibility index (Phi) is 10.9. The quantitative estimate of drug-likeness (QED) is 0.336. The minimum atomic E-state index is 0. The highest BCUT2D eigenvalue weighted by Crippen LogP contribution is 2.23. The molecule has 1 unspecified atom stereocenters. The van der Waals surface area contributed by atoms with Gasteiger partial charge in [-0.25, -0.2) is 0 Å². The molecule has 2 aliphatic rings. The van der Waals surface area contributed by atoms with Crippen LogP contribution in [0.4, 0.5) is 0 Å².